The van der Waals surface area contributed by atoms with Gasteiger partial charge in [0.05, 0.1) is 5.60 Å². The van der Waals surface area contributed by atoms with Gasteiger partial charge in [-0.3, -0.25) is 0 Å². The van der Waals surface area contributed by atoms with Crippen molar-refractivity contribution in [3.05, 3.63) is 32.2 Å². The standard InChI is InChI=1S/C6H12O.C3H5.CH4.ClH.Mg/c1-4-5-6(2,3)7;1-3-2;;;/h4,7H,1,5H2,2-3H3;3H,1-2H2;1H4;1H;/q;-1;;;+2/p-1. The summed E-state index contributed by atoms with van der Waals surface area (Å²) in [6, 6.07) is 0. The van der Waals surface area contributed by atoms with Crippen molar-refractivity contribution in [1.82, 2.24) is 0 Å². The van der Waals surface area contributed by atoms with E-state index in [2.05, 4.69) is 20.1 Å². The van der Waals surface area contributed by atoms with E-state index in [1.165, 1.54) is 6.08 Å². The maximum Gasteiger partial charge on any atom is 2.00 e. The molecule has 0 radical (unpaired) electrons. The van der Waals surface area contributed by atoms with Gasteiger partial charge in [0.15, 0.2) is 0 Å². The van der Waals surface area contributed by atoms with Gasteiger partial charge in [0.25, 0.3) is 0 Å². The summed E-state index contributed by atoms with van der Waals surface area (Å²) in [6.45, 7) is 13.5. The molecule has 0 aromatic heterocycles. The molecule has 0 fully saturated rings. The zero-order valence-electron chi connectivity index (χ0n) is 8.02. The number of hydrogen-bond donors (Lipinski definition) is 1. The molecule has 0 amide bonds. The fraction of sp³-hybridized carbons (Fsp3) is 0.500. The third kappa shape index (κ3) is 69.7. The Morgan fingerprint density at radius 1 is 1.38 bits per heavy atom. The summed E-state index contributed by atoms with van der Waals surface area (Å²) in [5, 5.41) is 8.95. The van der Waals surface area contributed by atoms with Gasteiger partial charge in [0.1, 0.15) is 0 Å². The van der Waals surface area contributed by atoms with Crippen LogP contribution in [0, 0.1) is 6.92 Å². The molecule has 0 aliphatic carbocycles. The Morgan fingerprint density at radius 3 is 1.62 bits per heavy atom. The molecule has 0 saturated heterocycles. The summed E-state index contributed by atoms with van der Waals surface area (Å²) in [6.07, 6.45) is 3.87. The van der Waals surface area contributed by atoms with Crippen LogP contribution in [0.3, 0.4) is 0 Å². The van der Waals surface area contributed by atoms with Gasteiger partial charge in [-0.1, -0.05) is 13.5 Å². The first-order valence-electron chi connectivity index (χ1n) is 3.21. The molecule has 0 unspecified atom stereocenters. The minimum absolute atomic E-state index is 0. The van der Waals surface area contributed by atoms with Crippen molar-refractivity contribution >= 4 is 23.1 Å². The molecule has 0 atom stereocenters. The second kappa shape index (κ2) is 18.2. The van der Waals surface area contributed by atoms with Crippen molar-refractivity contribution < 1.29 is 17.5 Å². The topological polar surface area (TPSA) is 20.2 Å². The van der Waals surface area contributed by atoms with E-state index in [-0.39, 0.29) is 42.9 Å². The van der Waals surface area contributed by atoms with Gasteiger partial charge in [-0.05, 0) is 20.3 Å². The summed E-state index contributed by atoms with van der Waals surface area (Å²) in [7, 11) is 0. The number of hydrogen-bond acceptors (Lipinski definition) is 1. The van der Waals surface area contributed by atoms with Crippen LogP contribution in [0.2, 0.25) is 0 Å². The molecule has 1 N–H and O–H groups in total. The van der Waals surface area contributed by atoms with Gasteiger partial charge in [-0.2, -0.15) is 0 Å². The van der Waals surface area contributed by atoms with Crippen LogP contribution < -0.4 is 12.4 Å². The van der Waals surface area contributed by atoms with Gasteiger partial charge < -0.3 is 17.5 Å². The number of halogens is 1. The van der Waals surface area contributed by atoms with Crippen molar-refractivity contribution in [2.24, 2.45) is 0 Å². The van der Waals surface area contributed by atoms with Crippen LogP contribution >= 0.6 is 0 Å². The summed E-state index contributed by atoms with van der Waals surface area (Å²) < 4.78 is 0. The van der Waals surface area contributed by atoms with E-state index >= 15 is 0 Å². The summed E-state index contributed by atoms with van der Waals surface area (Å²) >= 11 is 0. The van der Waals surface area contributed by atoms with Gasteiger partial charge >= 0.3 is 23.1 Å². The van der Waals surface area contributed by atoms with Crippen molar-refractivity contribution in [2.45, 2.75) is 33.3 Å². The summed E-state index contributed by atoms with van der Waals surface area (Å²) in [5.41, 5.74) is -0.568. The molecule has 0 bridgehead atoms. The Kier molecular flexibility index (Phi) is 40.9. The molecule has 0 heterocycles. The SMILES string of the molecule is C.C=CCC(C)(C)O.C=C[CH2-].[Cl-].[Mg+2]. The molecule has 0 saturated carbocycles. The minimum Gasteiger partial charge on any atom is -1.00 e. The van der Waals surface area contributed by atoms with Crippen LogP contribution in [-0.2, 0) is 0 Å². The van der Waals surface area contributed by atoms with Crippen molar-refractivity contribution in [3.63, 3.8) is 0 Å². The maximum atomic E-state index is 8.95. The molecule has 0 rings (SSSR count). The van der Waals surface area contributed by atoms with Gasteiger partial charge in [-0.25, -0.2) is 19.6 Å². The average Bonchev–Trinajstić information content (AvgIpc) is 1.63. The molecule has 0 aliphatic rings. The Labute approximate surface area is 106 Å². The largest absolute Gasteiger partial charge is 2.00 e. The second-order valence-corrected chi connectivity index (χ2v) is 2.59. The first-order chi connectivity index (χ1) is 4.47. The maximum absolute atomic E-state index is 8.95. The van der Waals surface area contributed by atoms with Crippen LogP contribution in [-0.4, -0.2) is 33.8 Å². The van der Waals surface area contributed by atoms with E-state index < -0.39 is 5.60 Å². The van der Waals surface area contributed by atoms with E-state index in [0.29, 0.717) is 6.42 Å². The normalized spacial score (nSPS) is 7.00. The van der Waals surface area contributed by atoms with E-state index in [9.17, 15) is 0 Å². The molecule has 0 spiro atoms. The summed E-state index contributed by atoms with van der Waals surface area (Å²) in [5.74, 6) is 0. The molecule has 1 nitrogen and oxygen atoms in total. The van der Waals surface area contributed by atoms with Crippen LogP contribution in [0.15, 0.2) is 25.3 Å². The monoisotopic (exact) mass is 216 g/mol. The molecule has 0 aromatic carbocycles. The molecule has 0 aromatic rings. The second-order valence-electron chi connectivity index (χ2n) is 2.59. The molecular formula is C10H21ClMgO. The Balaban J connectivity index is -0.0000000320. The Bertz CT molecular complexity index is 97.6. The molecule has 13 heavy (non-hydrogen) atoms. The van der Waals surface area contributed by atoms with Crippen LogP contribution in [0.1, 0.15) is 27.7 Å². The smallest absolute Gasteiger partial charge is 1.00 e. The quantitative estimate of drug-likeness (QED) is 0.379. The molecular weight excluding hydrogens is 196 g/mol. The van der Waals surface area contributed by atoms with Crippen molar-refractivity contribution in [2.75, 3.05) is 0 Å². The van der Waals surface area contributed by atoms with Gasteiger partial charge in [0.2, 0.25) is 0 Å². The number of aliphatic hydroxyl groups is 1. The first kappa shape index (κ1) is 29.2. The van der Waals surface area contributed by atoms with Gasteiger partial charge in [0, 0.05) is 0 Å². The van der Waals surface area contributed by atoms with E-state index in [1.807, 2.05) is 0 Å². The van der Waals surface area contributed by atoms with Gasteiger partial charge in [-0.15, -0.1) is 6.58 Å². The zero-order valence-corrected chi connectivity index (χ0v) is 10.2. The van der Waals surface area contributed by atoms with E-state index in [4.69, 9.17) is 5.11 Å². The van der Waals surface area contributed by atoms with Crippen LogP contribution in [0.4, 0.5) is 0 Å². The Hall–Kier alpha value is 0.366. The van der Waals surface area contributed by atoms with Crippen LogP contribution in [0.25, 0.3) is 0 Å². The molecule has 76 valence electrons. The predicted molar refractivity (Wildman–Crippen MR) is 59.2 cm³/mol. The third-order valence-corrected chi connectivity index (χ3v) is 0.644. The van der Waals surface area contributed by atoms with E-state index in [0.717, 1.165) is 0 Å². The molecule has 0 aliphatic heterocycles. The van der Waals surface area contributed by atoms with Crippen molar-refractivity contribution in [1.29, 1.82) is 0 Å². The number of allylic oxidation sites excluding steroid dienone is 1. The third-order valence-electron chi connectivity index (χ3n) is 0.644. The first-order valence-corrected chi connectivity index (χ1v) is 3.21. The van der Waals surface area contributed by atoms with E-state index in [1.54, 1.807) is 19.9 Å². The summed E-state index contributed by atoms with van der Waals surface area (Å²) in [4.78, 5) is 0. The Morgan fingerprint density at radius 2 is 1.62 bits per heavy atom. The van der Waals surface area contributed by atoms with Crippen molar-refractivity contribution in [3.8, 4) is 0 Å². The molecule has 3 heteroatoms. The fourth-order valence-corrected chi connectivity index (χ4v) is 0.353. The predicted octanol–water partition coefficient (Wildman–Crippen LogP) is -0.401. The average molecular weight is 217 g/mol. The zero-order chi connectivity index (χ0) is 8.62. The van der Waals surface area contributed by atoms with Crippen LogP contribution in [0.5, 0.6) is 0 Å². The fourth-order valence-electron chi connectivity index (χ4n) is 0.353. The number of rotatable bonds is 2. The minimum atomic E-state index is -0.568.